The Kier molecular flexibility index (Phi) is 3.10. The molecular weight excluding hydrogens is 234 g/mol. The molecule has 0 aliphatic rings. The number of amides is 1. The Morgan fingerprint density at radius 3 is 2.82 bits per heavy atom. The number of anilines is 2. The summed E-state index contributed by atoms with van der Waals surface area (Å²) < 4.78 is 0. The van der Waals surface area contributed by atoms with E-state index in [0.29, 0.717) is 10.6 Å². The highest BCUT2D eigenvalue weighted by atomic mass is 32.1. The number of carbonyl (C=O) groups excluding carboxylic acids is 1. The molecule has 0 aliphatic carbocycles. The van der Waals surface area contributed by atoms with Crippen molar-refractivity contribution in [3.05, 3.63) is 39.8 Å². The molecule has 1 amide bonds. The summed E-state index contributed by atoms with van der Waals surface area (Å²) in [5.74, 6) is -0.140. The Morgan fingerprint density at radius 2 is 2.18 bits per heavy atom. The average Bonchev–Trinajstić information content (AvgIpc) is 2.71. The van der Waals surface area contributed by atoms with Gasteiger partial charge in [0.05, 0.1) is 11.2 Å². The SMILES string of the molecule is Cc1ncsc1C(=O)Nc1cccc(N)c1C. The number of nitrogen functional groups attached to an aromatic ring is 1. The van der Waals surface area contributed by atoms with E-state index in [2.05, 4.69) is 10.3 Å². The monoisotopic (exact) mass is 247 g/mol. The van der Waals surface area contributed by atoms with Crippen LogP contribution in [-0.2, 0) is 0 Å². The third-order valence-corrected chi connectivity index (χ3v) is 3.50. The number of aromatic nitrogens is 1. The Balaban J connectivity index is 2.25. The van der Waals surface area contributed by atoms with Crippen LogP contribution < -0.4 is 11.1 Å². The van der Waals surface area contributed by atoms with Gasteiger partial charge in [-0.05, 0) is 31.5 Å². The van der Waals surface area contributed by atoms with Crippen LogP contribution in [0.3, 0.4) is 0 Å². The number of benzene rings is 1. The molecule has 88 valence electrons. The standard InChI is InChI=1S/C12H13N3OS/c1-7-9(13)4-3-5-10(7)15-12(16)11-8(2)14-6-17-11/h3-6H,13H2,1-2H3,(H,15,16). The molecule has 0 saturated carbocycles. The number of thiazole rings is 1. The quantitative estimate of drug-likeness (QED) is 0.801. The summed E-state index contributed by atoms with van der Waals surface area (Å²) in [4.78, 5) is 16.7. The Labute approximate surface area is 103 Å². The predicted molar refractivity (Wildman–Crippen MR) is 70.4 cm³/mol. The molecule has 3 N–H and O–H groups in total. The van der Waals surface area contributed by atoms with Crippen LogP contribution in [0.15, 0.2) is 23.7 Å². The van der Waals surface area contributed by atoms with Gasteiger partial charge in [-0.2, -0.15) is 0 Å². The summed E-state index contributed by atoms with van der Waals surface area (Å²) in [6.45, 7) is 3.70. The zero-order chi connectivity index (χ0) is 12.4. The molecule has 0 spiro atoms. The van der Waals surface area contributed by atoms with Gasteiger partial charge < -0.3 is 11.1 Å². The molecule has 0 fully saturated rings. The molecule has 2 aromatic rings. The number of nitrogens with zero attached hydrogens (tertiary/aromatic N) is 1. The number of hydrogen-bond donors (Lipinski definition) is 2. The summed E-state index contributed by atoms with van der Waals surface area (Å²) in [5, 5.41) is 2.85. The van der Waals surface area contributed by atoms with Crippen LogP contribution in [0, 0.1) is 13.8 Å². The van der Waals surface area contributed by atoms with Gasteiger partial charge in [-0.1, -0.05) is 6.07 Å². The van der Waals surface area contributed by atoms with Gasteiger partial charge in [0, 0.05) is 11.4 Å². The zero-order valence-electron chi connectivity index (χ0n) is 9.65. The number of hydrogen-bond acceptors (Lipinski definition) is 4. The summed E-state index contributed by atoms with van der Waals surface area (Å²) in [7, 11) is 0. The fourth-order valence-electron chi connectivity index (χ4n) is 1.49. The van der Waals surface area contributed by atoms with Crippen LogP contribution in [0.1, 0.15) is 20.9 Å². The second kappa shape index (κ2) is 4.55. The molecule has 1 heterocycles. The van der Waals surface area contributed by atoms with Crippen molar-refractivity contribution < 1.29 is 4.79 Å². The highest BCUT2D eigenvalue weighted by Gasteiger charge is 2.13. The third kappa shape index (κ3) is 2.29. The first-order valence-electron chi connectivity index (χ1n) is 5.16. The van der Waals surface area contributed by atoms with Crippen molar-refractivity contribution in [3.8, 4) is 0 Å². The summed E-state index contributed by atoms with van der Waals surface area (Å²) >= 11 is 1.33. The maximum atomic E-state index is 12.0. The molecule has 0 atom stereocenters. The second-order valence-electron chi connectivity index (χ2n) is 3.74. The van der Waals surface area contributed by atoms with Gasteiger partial charge in [0.15, 0.2) is 0 Å². The van der Waals surface area contributed by atoms with Crippen LogP contribution in [-0.4, -0.2) is 10.9 Å². The van der Waals surface area contributed by atoms with Crippen molar-refractivity contribution in [3.63, 3.8) is 0 Å². The minimum atomic E-state index is -0.140. The normalized spacial score (nSPS) is 10.2. The van der Waals surface area contributed by atoms with Crippen molar-refractivity contribution in [2.24, 2.45) is 0 Å². The largest absolute Gasteiger partial charge is 0.398 e. The lowest BCUT2D eigenvalue weighted by molar-refractivity contribution is 0.102. The average molecular weight is 247 g/mol. The van der Waals surface area contributed by atoms with Crippen molar-refractivity contribution in [1.29, 1.82) is 0 Å². The Bertz CT molecular complexity index is 563. The fourth-order valence-corrected chi connectivity index (χ4v) is 2.19. The summed E-state index contributed by atoms with van der Waals surface area (Å²) in [6, 6.07) is 5.46. The molecule has 17 heavy (non-hydrogen) atoms. The van der Waals surface area contributed by atoms with E-state index in [1.54, 1.807) is 5.51 Å². The number of aryl methyl sites for hydroxylation is 1. The van der Waals surface area contributed by atoms with E-state index < -0.39 is 0 Å². The van der Waals surface area contributed by atoms with Crippen molar-refractivity contribution in [2.75, 3.05) is 11.1 Å². The first-order chi connectivity index (χ1) is 8.09. The molecule has 2 rings (SSSR count). The van der Waals surface area contributed by atoms with Crippen LogP contribution in [0.4, 0.5) is 11.4 Å². The van der Waals surface area contributed by atoms with E-state index in [0.717, 1.165) is 16.9 Å². The number of nitrogens with two attached hydrogens (primary N) is 1. The number of carbonyl (C=O) groups is 1. The Hall–Kier alpha value is -1.88. The maximum absolute atomic E-state index is 12.0. The van der Waals surface area contributed by atoms with Gasteiger partial charge in [-0.3, -0.25) is 4.79 Å². The first-order valence-corrected chi connectivity index (χ1v) is 6.04. The predicted octanol–water partition coefficient (Wildman–Crippen LogP) is 2.59. The minimum Gasteiger partial charge on any atom is -0.398 e. The maximum Gasteiger partial charge on any atom is 0.267 e. The van der Waals surface area contributed by atoms with Gasteiger partial charge in [0.1, 0.15) is 4.88 Å². The minimum absolute atomic E-state index is 0.140. The van der Waals surface area contributed by atoms with E-state index in [1.165, 1.54) is 11.3 Å². The van der Waals surface area contributed by atoms with E-state index >= 15 is 0 Å². The molecule has 4 nitrogen and oxygen atoms in total. The molecule has 0 unspecified atom stereocenters. The smallest absolute Gasteiger partial charge is 0.267 e. The molecule has 0 radical (unpaired) electrons. The lowest BCUT2D eigenvalue weighted by Gasteiger charge is -2.09. The highest BCUT2D eigenvalue weighted by Crippen LogP contribution is 2.22. The molecular formula is C12H13N3OS. The van der Waals surface area contributed by atoms with Gasteiger partial charge in [-0.15, -0.1) is 11.3 Å². The summed E-state index contributed by atoms with van der Waals surface area (Å²) in [6.07, 6.45) is 0. The zero-order valence-corrected chi connectivity index (χ0v) is 10.5. The molecule has 0 aliphatic heterocycles. The van der Waals surface area contributed by atoms with Gasteiger partial charge in [0.25, 0.3) is 5.91 Å². The molecule has 0 saturated heterocycles. The van der Waals surface area contributed by atoms with Gasteiger partial charge >= 0.3 is 0 Å². The highest BCUT2D eigenvalue weighted by molar-refractivity contribution is 7.12. The molecule has 5 heteroatoms. The van der Waals surface area contributed by atoms with E-state index in [1.807, 2.05) is 32.0 Å². The molecule has 1 aromatic carbocycles. The summed E-state index contributed by atoms with van der Waals surface area (Å²) in [5.41, 5.74) is 10.5. The van der Waals surface area contributed by atoms with Crippen LogP contribution in [0.5, 0.6) is 0 Å². The molecule has 0 bridgehead atoms. The van der Waals surface area contributed by atoms with E-state index in [-0.39, 0.29) is 5.91 Å². The third-order valence-electron chi connectivity index (χ3n) is 2.58. The second-order valence-corrected chi connectivity index (χ2v) is 4.60. The first kappa shape index (κ1) is 11.6. The van der Waals surface area contributed by atoms with E-state index in [9.17, 15) is 4.79 Å². The lowest BCUT2D eigenvalue weighted by Crippen LogP contribution is -2.13. The topological polar surface area (TPSA) is 68.0 Å². The van der Waals surface area contributed by atoms with Crippen LogP contribution >= 0.6 is 11.3 Å². The van der Waals surface area contributed by atoms with Crippen LogP contribution in [0.25, 0.3) is 0 Å². The Morgan fingerprint density at radius 1 is 1.41 bits per heavy atom. The number of nitrogens with one attached hydrogen (secondary N) is 1. The lowest BCUT2D eigenvalue weighted by atomic mass is 10.1. The van der Waals surface area contributed by atoms with E-state index in [4.69, 9.17) is 5.73 Å². The fraction of sp³-hybridized carbons (Fsp3) is 0.167. The van der Waals surface area contributed by atoms with Gasteiger partial charge in [-0.25, -0.2) is 4.98 Å². The van der Waals surface area contributed by atoms with Gasteiger partial charge in [0.2, 0.25) is 0 Å². The van der Waals surface area contributed by atoms with Crippen molar-refractivity contribution >= 4 is 28.6 Å². The van der Waals surface area contributed by atoms with Crippen molar-refractivity contribution in [1.82, 2.24) is 4.98 Å². The molecule has 1 aromatic heterocycles. The number of rotatable bonds is 2. The van der Waals surface area contributed by atoms with Crippen LogP contribution in [0.2, 0.25) is 0 Å². The van der Waals surface area contributed by atoms with Crippen molar-refractivity contribution in [2.45, 2.75) is 13.8 Å².